The second-order valence-corrected chi connectivity index (χ2v) is 4.65. The Bertz CT molecular complexity index is 419. The summed E-state index contributed by atoms with van der Waals surface area (Å²) in [6, 6.07) is 0.178. The highest BCUT2D eigenvalue weighted by molar-refractivity contribution is 5.92. The van der Waals surface area contributed by atoms with Crippen LogP contribution < -0.4 is 11.1 Å². The summed E-state index contributed by atoms with van der Waals surface area (Å²) in [7, 11) is 0. The van der Waals surface area contributed by atoms with Crippen LogP contribution in [-0.2, 0) is 0 Å². The smallest absolute Gasteiger partial charge is 0.289 e. The average molecular weight is 274 g/mol. The van der Waals surface area contributed by atoms with E-state index in [0.29, 0.717) is 29.8 Å². The first kappa shape index (κ1) is 15.0. The van der Waals surface area contributed by atoms with Crippen molar-refractivity contribution in [1.82, 2.24) is 10.3 Å². The Labute approximate surface area is 113 Å². The van der Waals surface area contributed by atoms with E-state index in [1.807, 2.05) is 0 Å². The molecule has 1 aliphatic carbocycles. The maximum Gasteiger partial charge on any atom is 0.289 e. The minimum Gasteiger partial charge on any atom is -0.436 e. The summed E-state index contributed by atoms with van der Waals surface area (Å²) in [6.45, 7) is 4.14. The summed E-state index contributed by atoms with van der Waals surface area (Å²) >= 11 is 0. The first-order valence-corrected chi connectivity index (χ1v) is 6.06. The number of oxazole rings is 1. The molecule has 2 unspecified atom stereocenters. The number of amides is 1. The van der Waals surface area contributed by atoms with Gasteiger partial charge in [0, 0.05) is 13.0 Å². The van der Waals surface area contributed by atoms with Gasteiger partial charge in [0.2, 0.25) is 5.76 Å². The van der Waals surface area contributed by atoms with E-state index >= 15 is 0 Å². The Morgan fingerprint density at radius 2 is 2.22 bits per heavy atom. The standard InChI is InChI=1S/C12H19N3O2.ClH/c1-7-11(17-8(2)14-7)12(16)15-10-5-3-4-9(10)6-13;/h9-10H,3-6,13H2,1-2H3,(H,15,16);1H. The molecule has 0 radical (unpaired) electrons. The van der Waals surface area contributed by atoms with Gasteiger partial charge in [0.25, 0.3) is 5.91 Å². The molecular formula is C12H20ClN3O2. The average Bonchev–Trinajstić information content (AvgIpc) is 2.84. The first-order chi connectivity index (χ1) is 8.11. The third-order valence-corrected chi connectivity index (χ3v) is 3.39. The first-order valence-electron chi connectivity index (χ1n) is 6.06. The maximum absolute atomic E-state index is 12.0. The number of hydrogen-bond donors (Lipinski definition) is 2. The third-order valence-electron chi connectivity index (χ3n) is 3.39. The predicted octanol–water partition coefficient (Wildman–Crippen LogP) is 1.57. The van der Waals surface area contributed by atoms with Gasteiger partial charge in [-0.2, -0.15) is 0 Å². The zero-order valence-corrected chi connectivity index (χ0v) is 11.5. The van der Waals surface area contributed by atoms with Crippen LogP contribution in [0, 0.1) is 19.8 Å². The highest BCUT2D eigenvalue weighted by Gasteiger charge is 2.29. The molecule has 1 fully saturated rings. The lowest BCUT2D eigenvalue weighted by Gasteiger charge is -2.18. The van der Waals surface area contributed by atoms with Crippen molar-refractivity contribution in [3.05, 3.63) is 17.3 Å². The molecule has 3 N–H and O–H groups in total. The molecule has 18 heavy (non-hydrogen) atoms. The lowest BCUT2D eigenvalue weighted by molar-refractivity contribution is 0.0898. The van der Waals surface area contributed by atoms with Gasteiger partial charge in [-0.25, -0.2) is 4.98 Å². The van der Waals surface area contributed by atoms with E-state index in [1.165, 1.54) is 0 Å². The van der Waals surface area contributed by atoms with Crippen LogP contribution in [0.5, 0.6) is 0 Å². The highest BCUT2D eigenvalue weighted by Crippen LogP contribution is 2.25. The number of nitrogens with two attached hydrogens (primary N) is 1. The molecule has 1 aromatic heterocycles. The number of carbonyl (C=O) groups excluding carboxylic acids is 1. The van der Waals surface area contributed by atoms with Gasteiger partial charge in [0.1, 0.15) is 0 Å². The zero-order chi connectivity index (χ0) is 12.4. The third kappa shape index (κ3) is 3.03. The normalized spacial score (nSPS) is 22.6. The Kier molecular flexibility index (Phi) is 5.16. The van der Waals surface area contributed by atoms with Crippen molar-refractivity contribution in [2.45, 2.75) is 39.2 Å². The summed E-state index contributed by atoms with van der Waals surface area (Å²) in [5.41, 5.74) is 6.33. The lowest BCUT2D eigenvalue weighted by atomic mass is 10.0. The number of aryl methyl sites for hydroxylation is 2. The fourth-order valence-electron chi connectivity index (χ4n) is 2.48. The molecule has 1 saturated carbocycles. The van der Waals surface area contributed by atoms with E-state index < -0.39 is 0 Å². The molecule has 2 atom stereocenters. The van der Waals surface area contributed by atoms with Gasteiger partial charge in [0.15, 0.2) is 5.89 Å². The van der Waals surface area contributed by atoms with E-state index in [9.17, 15) is 4.79 Å². The quantitative estimate of drug-likeness (QED) is 0.876. The fraction of sp³-hybridized carbons (Fsp3) is 0.667. The van der Waals surface area contributed by atoms with E-state index in [2.05, 4.69) is 10.3 Å². The molecule has 0 saturated heterocycles. The largest absolute Gasteiger partial charge is 0.436 e. The Morgan fingerprint density at radius 3 is 2.78 bits per heavy atom. The van der Waals surface area contributed by atoms with E-state index in [-0.39, 0.29) is 24.4 Å². The van der Waals surface area contributed by atoms with Crippen molar-refractivity contribution >= 4 is 18.3 Å². The molecule has 6 heteroatoms. The van der Waals surface area contributed by atoms with Crippen molar-refractivity contribution in [3.8, 4) is 0 Å². The van der Waals surface area contributed by atoms with Gasteiger partial charge >= 0.3 is 0 Å². The molecule has 1 amide bonds. The van der Waals surface area contributed by atoms with Crippen molar-refractivity contribution in [2.75, 3.05) is 6.54 Å². The van der Waals surface area contributed by atoms with Crippen molar-refractivity contribution < 1.29 is 9.21 Å². The Morgan fingerprint density at radius 1 is 1.50 bits per heavy atom. The molecule has 0 aliphatic heterocycles. The topological polar surface area (TPSA) is 81.2 Å². The van der Waals surface area contributed by atoms with Gasteiger partial charge < -0.3 is 15.5 Å². The van der Waals surface area contributed by atoms with Crippen LogP contribution in [0.3, 0.4) is 0 Å². The minimum atomic E-state index is -0.173. The number of rotatable bonds is 3. The molecule has 2 rings (SSSR count). The van der Waals surface area contributed by atoms with Crippen LogP contribution in [0.2, 0.25) is 0 Å². The Balaban J connectivity index is 0.00000162. The van der Waals surface area contributed by atoms with E-state index in [1.54, 1.807) is 13.8 Å². The van der Waals surface area contributed by atoms with Crippen LogP contribution in [0.25, 0.3) is 0 Å². The van der Waals surface area contributed by atoms with Gasteiger partial charge in [-0.15, -0.1) is 12.4 Å². The molecule has 0 bridgehead atoms. The van der Waals surface area contributed by atoms with Crippen LogP contribution in [0.15, 0.2) is 4.42 Å². The molecular weight excluding hydrogens is 254 g/mol. The minimum absolute atomic E-state index is 0. The molecule has 102 valence electrons. The van der Waals surface area contributed by atoms with E-state index in [0.717, 1.165) is 19.3 Å². The number of nitrogens with zero attached hydrogens (tertiary/aromatic N) is 1. The molecule has 0 aromatic carbocycles. The van der Waals surface area contributed by atoms with Crippen LogP contribution in [0.1, 0.15) is 41.4 Å². The number of hydrogen-bond acceptors (Lipinski definition) is 4. The lowest BCUT2D eigenvalue weighted by Crippen LogP contribution is -2.39. The number of aromatic nitrogens is 1. The van der Waals surface area contributed by atoms with Crippen molar-refractivity contribution in [1.29, 1.82) is 0 Å². The summed E-state index contributed by atoms with van der Waals surface area (Å²) in [6.07, 6.45) is 3.22. The maximum atomic E-state index is 12.0. The van der Waals surface area contributed by atoms with Crippen molar-refractivity contribution in [2.24, 2.45) is 11.7 Å². The second kappa shape index (κ2) is 6.20. The number of carbonyl (C=O) groups is 1. The number of halogens is 1. The summed E-state index contributed by atoms with van der Waals surface area (Å²) in [5, 5.41) is 3.00. The summed E-state index contributed by atoms with van der Waals surface area (Å²) in [4.78, 5) is 16.1. The Hall–Kier alpha value is -1.07. The monoisotopic (exact) mass is 273 g/mol. The molecule has 1 aliphatic rings. The summed E-state index contributed by atoms with van der Waals surface area (Å²) in [5.74, 6) is 1.07. The van der Waals surface area contributed by atoms with Crippen LogP contribution in [0.4, 0.5) is 0 Å². The fourth-order valence-corrected chi connectivity index (χ4v) is 2.48. The molecule has 5 nitrogen and oxygen atoms in total. The molecule has 0 spiro atoms. The summed E-state index contributed by atoms with van der Waals surface area (Å²) < 4.78 is 5.30. The van der Waals surface area contributed by atoms with Gasteiger partial charge in [0.05, 0.1) is 5.69 Å². The number of nitrogens with one attached hydrogen (secondary N) is 1. The van der Waals surface area contributed by atoms with Crippen LogP contribution >= 0.6 is 12.4 Å². The molecule has 1 aromatic rings. The van der Waals surface area contributed by atoms with Gasteiger partial charge in [-0.3, -0.25) is 4.79 Å². The van der Waals surface area contributed by atoms with E-state index in [4.69, 9.17) is 10.2 Å². The second-order valence-electron chi connectivity index (χ2n) is 4.65. The highest BCUT2D eigenvalue weighted by atomic mass is 35.5. The molecule has 1 heterocycles. The zero-order valence-electron chi connectivity index (χ0n) is 10.7. The van der Waals surface area contributed by atoms with Crippen LogP contribution in [-0.4, -0.2) is 23.5 Å². The van der Waals surface area contributed by atoms with Crippen molar-refractivity contribution in [3.63, 3.8) is 0 Å². The van der Waals surface area contributed by atoms with Gasteiger partial charge in [-0.05, 0) is 32.2 Å². The SMILES string of the molecule is Cc1nc(C)c(C(=O)NC2CCCC2CN)o1.Cl. The predicted molar refractivity (Wildman–Crippen MR) is 70.9 cm³/mol. The van der Waals surface area contributed by atoms with Gasteiger partial charge in [-0.1, -0.05) is 6.42 Å².